The van der Waals surface area contributed by atoms with Crippen LogP contribution in [0, 0.1) is 0 Å². The Bertz CT molecular complexity index is 2680. The molecule has 0 saturated heterocycles. The van der Waals surface area contributed by atoms with Crippen molar-refractivity contribution in [3.05, 3.63) is 218 Å². The van der Waals surface area contributed by atoms with Crippen LogP contribution in [0.25, 0.3) is 0 Å². The smallest absolute Gasteiger partial charge is 0.249 e. The quantitative estimate of drug-likeness (QED) is 0.156. The first-order valence-electron chi connectivity index (χ1n) is 20.5. The summed E-state index contributed by atoms with van der Waals surface area (Å²) in [6, 6.07) is 76.2. The second-order valence-electron chi connectivity index (χ2n) is 15.2. The lowest BCUT2D eigenvalue weighted by Gasteiger charge is -2.38. The van der Waals surface area contributed by atoms with Crippen LogP contribution in [0.2, 0.25) is 0 Å². The molecule has 0 atom stereocenters. The average molecular weight is 786 g/mol. The van der Waals surface area contributed by atoms with Gasteiger partial charge in [0.05, 0.1) is 34.1 Å². The van der Waals surface area contributed by atoms with Gasteiger partial charge in [0, 0.05) is 17.1 Å². The summed E-state index contributed by atoms with van der Waals surface area (Å²) in [6.45, 7) is -0.310. The van der Waals surface area contributed by atoms with Crippen LogP contribution in [0.5, 0.6) is 34.5 Å². The third kappa shape index (κ3) is 5.66. The van der Waals surface area contributed by atoms with Crippen molar-refractivity contribution in [2.24, 2.45) is 0 Å². The molecule has 0 spiro atoms. The summed E-state index contributed by atoms with van der Waals surface area (Å²) < 4.78 is 19.7. The highest BCUT2D eigenvalue weighted by Gasteiger charge is 2.38. The van der Waals surface area contributed by atoms with Gasteiger partial charge in [-0.3, -0.25) is 0 Å². The molecule has 61 heavy (non-hydrogen) atoms. The van der Waals surface area contributed by atoms with Gasteiger partial charge in [-0.25, -0.2) is 0 Å². The van der Waals surface area contributed by atoms with Crippen LogP contribution in [0.15, 0.2) is 218 Å². The maximum atomic E-state index is 6.55. The molecule has 0 unspecified atom stereocenters. The van der Waals surface area contributed by atoms with Crippen LogP contribution < -0.4 is 45.3 Å². The highest BCUT2D eigenvalue weighted by atomic mass is 16.5. The minimum atomic E-state index is -0.310. The Morgan fingerprint density at radius 3 is 0.623 bits per heavy atom. The van der Waals surface area contributed by atoms with Gasteiger partial charge in [-0.05, 0) is 107 Å². The molecule has 3 aliphatic heterocycles. The van der Waals surface area contributed by atoms with Crippen molar-refractivity contribution in [3.63, 3.8) is 0 Å². The Morgan fingerprint density at radius 2 is 0.393 bits per heavy atom. The standard InChI is InChI=1S/C54H36BN3O3/c1-4-22-40(56-43-25-7-13-31-49(43)59-50-32-14-8-26-44(50)56)37(19-1)55(38-20-2-5-23-41(38)57-45-27-9-15-33-51(45)60-52-34-16-10-28-46(52)57)39-21-3-6-24-42(39)58-47-29-11-17-35-53(47)61-54-36-18-12-30-48(54)58/h1-36H. The number of para-hydroxylation sites is 15. The lowest BCUT2D eigenvalue weighted by atomic mass is 9.35. The molecular weight excluding hydrogens is 749 g/mol. The molecule has 0 fully saturated rings. The first-order valence-corrected chi connectivity index (χ1v) is 20.5. The van der Waals surface area contributed by atoms with Crippen molar-refractivity contribution >= 4 is 74.3 Å². The van der Waals surface area contributed by atoms with Gasteiger partial charge in [-0.15, -0.1) is 0 Å². The second-order valence-corrected chi connectivity index (χ2v) is 15.2. The molecule has 288 valence electrons. The number of ether oxygens (including phenoxy) is 3. The van der Waals surface area contributed by atoms with Crippen molar-refractivity contribution in [3.8, 4) is 34.5 Å². The molecule has 0 saturated carbocycles. The van der Waals surface area contributed by atoms with Gasteiger partial charge in [-0.1, -0.05) is 127 Å². The Balaban J connectivity index is 1.16. The number of hydrogen-bond acceptors (Lipinski definition) is 6. The van der Waals surface area contributed by atoms with Crippen molar-refractivity contribution in [1.82, 2.24) is 0 Å². The van der Waals surface area contributed by atoms with E-state index < -0.39 is 0 Å². The predicted molar refractivity (Wildman–Crippen MR) is 248 cm³/mol. The number of rotatable bonds is 6. The highest BCUT2D eigenvalue weighted by Crippen LogP contribution is 2.53. The number of fused-ring (bicyclic) bond motifs is 6. The molecule has 7 heteroatoms. The van der Waals surface area contributed by atoms with Crippen molar-refractivity contribution in [2.45, 2.75) is 0 Å². The Hall–Kier alpha value is -8.16. The fourth-order valence-electron chi connectivity index (χ4n) is 9.20. The van der Waals surface area contributed by atoms with E-state index in [1.807, 2.05) is 72.8 Å². The molecule has 9 aromatic carbocycles. The lowest BCUT2D eigenvalue weighted by molar-refractivity contribution is 0.477. The fraction of sp³-hybridized carbons (Fsp3) is 0. The maximum absolute atomic E-state index is 6.55. The van der Waals surface area contributed by atoms with Gasteiger partial charge < -0.3 is 28.9 Å². The van der Waals surface area contributed by atoms with E-state index in [0.29, 0.717) is 0 Å². The van der Waals surface area contributed by atoms with E-state index in [-0.39, 0.29) is 6.71 Å². The molecule has 0 bridgehead atoms. The molecule has 3 heterocycles. The zero-order valence-corrected chi connectivity index (χ0v) is 32.9. The molecule has 0 radical (unpaired) electrons. The normalized spacial score (nSPS) is 12.9. The van der Waals surface area contributed by atoms with Gasteiger partial charge in [-0.2, -0.15) is 0 Å². The summed E-state index contributed by atoms with van der Waals surface area (Å²) in [5.41, 5.74) is 12.4. The molecule has 0 aromatic heterocycles. The van der Waals surface area contributed by atoms with Crippen LogP contribution in [0.4, 0.5) is 51.2 Å². The second kappa shape index (κ2) is 14.3. The van der Waals surface area contributed by atoms with Crippen LogP contribution in [-0.4, -0.2) is 6.71 Å². The highest BCUT2D eigenvalue weighted by molar-refractivity contribution is 6.98. The molecule has 0 N–H and O–H groups in total. The first kappa shape index (κ1) is 34.8. The SMILES string of the molecule is c1ccc2c(c1)Oc1ccccc1N2c1ccccc1B(c1ccccc1N1c2ccccc2Oc2ccccc21)c1ccccc1N1c2ccccc2Oc2ccccc21. The maximum Gasteiger partial charge on any atom is 0.249 e. The zero-order chi connectivity index (χ0) is 40.3. The largest absolute Gasteiger partial charge is 0.453 e. The van der Waals surface area contributed by atoms with Gasteiger partial charge >= 0.3 is 0 Å². The summed E-state index contributed by atoms with van der Waals surface area (Å²) >= 11 is 0. The molecule has 12 rings (SSSR count). The summed E-state index contributed by atoms with van der Waals surface area (Å²) in [5.74, 6) is 4.81. The average Bonchev–Trinajstić information content (AvgIpc) is 3.32. The molecule has 9 aromatic rings. The molecule has 0 aliphatic carbocycles. The molecule has 6 nitrogen and oxygen atoms in total. The molecule has 0 amide bonds. The van der Waals surface area contributed by atoms with Crippen LogP contribution in [-0.2, 0) is 0 Å². The number of benzene rings is 9. The van der Waals surface area contributed by atoms with E-state index in [1.165, 1.54) is 0 Å². The first-order chi connectivity index (χ1) is 30.3. The van der Waals surface area contributed by atoms with Gasteiger partial charge in [0.2, 0.25) is 6.71 Å². The number of nitrogens with zero attached hydrogens (tertiary/aromatic N) is 3. The summed E-state index contributed by atoms with van der Waals surface area (Å²) in [4.78, 5) is 7.08. The van der Waals surface area contributed by atoms with Gasteiger partial charge in [0.15, 0.2) is 34.5 Å². The van der Waals surface area contributed by atoms with Gasteiger partial charge in [0.25, 0.3) is 0 Å². The van der Waals surface area contributed by atoms with E-state index in [2.05, 4.69) is 160 Å². The predicted octanol–water partition coefficient (Wildman–Crippen LogP) is 12.9. The number of hydrogen-bond donors (Lipinski definition) is 0. The van der Waals surface area contributed by atoms with Crippen LogP contribution in [0.1, 0.15) is 0 Å². The topological polar surface area (TPSA) is 37.4 Å². The lowest BCUT2D eigenvalue weighted by Crippen LogP contribution is -2.55. The number of anilines is 9. The molecular formula is C54H36BN3O3. The summed E-state index contributed by atoms with van der Waals surface area (Å²) in [7, 11) is 0. The van der Waals surface area contributed by atoms with Crippen molar-refractivity contribution < 1.29 is 14.2 Å². The molecule has 3 aliphatic rings. The van der Waals surface area contributed by atoms with E-state index in [1.54, 1.807) is 0 Å². The summed E-state index contributed by atoms with van der Waals surface area (Å²) in [5, 5.41) is 0. The Kier molecular flexibility index (Phi) is 8.16. The van der Waals surface area contributed by atoms with E-state index in [9.17, 15) is 0 Å². The Morgan fingerprint density at radius 1 is 0.213 bits per heavy atom. The monoisotopic (exact) mass is 785 g/mol. The third-order valence-corrected chi connectivity index (χ3v) is 11.8. The van der Waals surface area contributed by atoms with E-state index in [0.717, 1.165) is 102 Å². The van der Waals surface area contributed by atoms with E-state index >= 15 is 0 Å². The van der Waals surface area contributed by atoms with Crippen molar-refractivity contribution in [1.29, 1.82) is 0 Å². The van der Waals surface area contributed by atoms with Crippen LogP contribution >= 0.6 is 0 Å². The minimum absolute atomic E-state index is 0.310. The Labute approximate surface area is 354 Å². The zero-order valence-electron chi connectivity index (χ0n) is 32.9. The minimum Gasteiger partial charge on any atom is -0.453 e. The fourth-order valence-corrected chi connectivity index (χ4v) is 9.20. The third-order valence-electron chi connectivity index (χ3n) is 11.8. The van der Waals surface area contributed by atoms with Gasteiger partial charge in [0.1, 0.15) is 0 Å². The van der Waals surface area contributed by atoms with Crippen LogP contribution in [0.3, 0.4) is 0 Å². The van der Waals surface area contributed by atoms with E-state index in [4.69, 9.17) is 14.2 Å². The van der Waals surface area contributed by atoms with Crippen molar-refractivity contribution in [2.75, 3.05) is 14.7 Å². The summed E-state index contributed by atoms with van der Waals surface area (Å²) in [6.07, 6.45) is 0.